The standard InChI is InChI=1S/C17H14N2O6S/c18-7-8-25-17(20)12-1-3-13(4-2-12)19-26(21,22)14-5-6-15-16(11-14)24-10-9-23-15/h1-6,11,19H,8-10H2. The van der Waals surface area contributed by atoms with E-state index in [1.807, 2.05) is 0 Å². The smallest absolute Gasteiger partial charge is 0.339 e. The van der Waals surface area contributed by atoms with Crippen LogP contribution < -0.4 is 14.2 Å². The highest BCUT2D eigenvalue weighted by Crippen LogP contribution is 2.32. The van der Waals surface area contributed by atoms with Crippen molar-refractivity contribution in [3.05, 3.63) is 48.0 Å². The van der Waals surface area contributed by atoms with E-state index in [2.05, 4.69) is 9.46 Å². The number of fused-ring (bicyclic) bond motifs is 1. The zero-order valence-corrected chi connectivity index (χ0v) is 14.3. The molecule has 2 aromatic rings. The van der Waals surface area contributed by atoms with E-state index in [-0.39, 0.29) is 22.8 Å². The molecule has 0 bridgehead atoms. The van der Waals surface area contributed by atoms with E-state index >= 15 is 0 Å². The number of ether oxygens (including phenoxy) is 3. The van der Waals surface area contributed by atoms with Gasteiger partial charge in [0.2, 0.25) is 0 Å². The van der Waals surface area contributed by atoms with Gasteiger partial charge in [-0.2, -0.15) is 5.26 Å². The minimum absolute atomic E-state index is 0.0271. The van der Waals surface area contributed by atoms with Crippen molar-refractivity contribution >= 4 is 21.7 Å². The number of nitrogens with one attached hydrogen (secondary N) is 1. The van der Waals surface area contributed by atoms with Gasteiger partial charge in [0.05, 0.1) is 10.5 Å². The molecule has 0 spiro atoms. The van der Waals surface area contributed by atoms with Crippen molar-refractivity contribution in [3.8, 4) is 17.6 Å². The Labute approximate surface area is 150 Å². The van der Waals surface area contributed by atoms with Crippen LogP contribution in [-0.4, -0.2) is 34.2 Å². The molecule has 134 valence electrons. The number of hydrogen-bond donors (Lipinski definition) is 1. The van der Waals surface area contributed by atoms with Crippen LogP contribution in [0.25, 0.3) is 0 Å². The fourth-order valence-corrected chi connectivity index (χ4v) is 3.33. The van der Waals surface area contributed by atoms with Crippen LogP contribution >= 0.6 is 0 Å². The van der Waals surface area contributed by atoms with Gasteiger partial charge in [-0.3, -0.25) is 4.72 Å². The van der Waals surface area contributed by atoms with Crippen molar-refractivity contribution < 1.29 is 27.4 Å². The Bertz CT molecular complexity index is 964. The van der Waals surface area contributed by atoms with E-state index in [0.29, 0.717) is 24.7 Å². The molecule has 0 fully saturated rings. The van der Waals surface area contributed by atoms with Gasteiger partial charge in [0.25, 0.3) is 10.0 Å². The molecule has 2 aromatic carbocycles. The minimum Gasteiger partial charge on any atom is -0.486 e. The highest BCUT2D eigenvalue weighted by molar-refractivity contribution is 7.92. The maximum absolute atomic E-state index is 12.5. The summed E-state index contributed by atoms with van der Waals surface area (Å²) in [5.41, 5.74) is 0.485. The zero-order chi connectivity index (χ0) is 18.6. The van der Waals surface area contributed by atoms with Crippen LogP contribution in [-0.2, 0) is 14.8 Å². The molecule has 8 nitrogen and oxygen atoms in total. The van der Waals surface area contributed by atoms with E-state index in [0.717, 1.165) is 0 Å². The summed E-state index contributed by atoms with van der Waals surface area (Å²) in [6.45, 7) is 0.422. The number of anilines is 1. The van der Waals surface area contributed by atoms with Crippen LogP contribution in [0.5, 0.6) is 11.5 Å². The van der Waals surface area contributed by atoms with Gasteiger partial charge in [-0.15, -0.1) is 0 Å². The molecule has 1 aliphatic heterocycles. The number of carbonyl (C=O) groups excluding carboxylic acids is 1. The highest BCUT2D eigenvalue weighted by atomic mass is 32.2. The Kier molecular flexibility index (Phi) is 4.95. The molecule has 9 heteroatoms. The number of esters is 1. The molecule has 0 radical (unpaired) electrons. The van der Waals surface area contributed by atoms with E-state index in [9.17, 15) is 13.2 Å². The quantitative estimate of drug-likeness (QED) is 0.795. The highest BCUT2D eigenvalue weighted by Gasteiger charge is 2.19. The van der Waals surface area contributed by atoms with Crippen LogP contribution in [0.4, 0.5) is 5.69 Å². The number of hydrogen-bond acceptors (Lipinski definition) is 7. The second-order valence-electron chi connectivity index (χ2n) is 5.22. The third-order valence-electron chi connectivity index (χ3n) is 3.46. The maximum Gasteiger partial charge on any atom is 0.339 e. The van der Waals surface area contributed by atoms with Gasteiger partial charge < -0.3 is 14.2 Å². The van der Waals surface area contributed by atoms with Crippen molar-refractivity contribution in [2.45, 2.75) is 4.90 Å². The predicted molar refractivity (Wildman–Crippen MR) is 90.6 cm³/mol. The molecule has 26 heavy (non-hydrogen) atoms. The average molecular weight is 374 g/mol. The first-order valence-corrected chi connectivity index (χ1v) is 9.04. The molecule has 0 amide bonds. The molecule has 0 saturated carbocycles. The molecule has 3 rings (SSSR count). The van der Waals surface area contributed by atoms with E-state index < -0.39 is 16.0 Å². The topological polar surface area (TPSA) is 115 Å². The molecule has 0 saturated heterocycles. The molecule has 0 aromatic heterocycles. The van der Waals surface area contributed by atoms with Crippen LogP contribution in [0.1, 0.15) is 10.4 Å². The summed E-state index contributed by atoms with van der Waals surface area (Å²) in [6.07, 6.45) is 0. The van der Waals surface area contributed by atoms with Crippen molar-refractivity contribution in [2.24, 2.45) is 0 Å². The summed E-state index contributed by atoms with van der Waals surface area (Å²) in [4.78, 5) is 11.6. The van der Waals surface area contributed by atoms with E-state index in [4.69, 9.17) is 14.7 Å². The third kappa shape index (κ3) is 3.87. The Hall–Kier alpha value is -3.25. The number of nitriles is 1. The number of nitrogens with zero attached hydrogens (tertiary/aromatic N) is 1. The molecule has 1 heterocycles. The lowest BCUT2D eigenvalue weighted by Gasteiger charge is -2.19. The zero-order valence-electron chi connectivity index (χ0n) is 13.5. The Balaban J connectivity index is 1.75. The molecular formula is C17H14N2O6S. The fraction of sp³-hybridized carbons (Fsp3) is 0.176. The lowest BCUT2D eigenvalue weighted by atomic mass is 10.2. The number of sulfonamides is 1. The largest absolute Gasteiger partial charge is 0.486 e. The van der Waals surface area contributed by atoms with Crippen molar-refractivity contribution in [3.63, 3.8) is 0 Å². The second-order valence-corrected chi connectivity index (χ2v) is 6.90. The van der Waals surface area contributed by atoms with Crippen molar-refractivity contribution in [1.29, 1.82) is 5.26 Å². The van der Waals surface area contributed by atoms with Crippen LogP contribution in [0, 0.1) is 11.3 Å². The summed E-state index contributed by atoms with van der Waals surface area (Å²) >= 11 is 0. The molecule has 0 unspecified atom stereocenters. The predicted octanol–water partition coefficient (Wildman–Crippen LogP) is 1.94. The first-order chi connectivity index (χ1) is 12.5. The van der Waals surface area contributed by atoms with Gasteiger partial charge in [0, 0.05) is 11.8 Å². The van der Waals surface area contributed by atoms with Crippen LogP contribution in [0.15, 0.2) is 47.4 Å². The Morgan fingerprint density at radius 2 is 1.81 bits per heavy atom. The van der Waals surface area contributed by atoms with Gasteiger partial charge in [-0.25, -0.2) is 13.2 Å². The maximum atomic E-state index is 12.5. The van der Waals surface area contributed by atoms with Crippen LogP contribution in [0.2, 0.25) is 0 Å². The van der Waals surface area contributed by atoms with Crippen molar-refractivity contribution in [2.75, 3.05) is 24.5 Å². The van der Waals surface area contributed by atoms with E-state index in [1.165, 1.54) is 42.5 Å². The minimum atomic E-state index is -3.84. The summed E-state index contributed by atoms with van der Waals surface area (Å²) in [5, 5.41) is 8.40. The molecule has 1 N–H and O–H groups in total. The monoisotopic (exact) mass is 374 g/mol. The van der Waals surface area contributed by atoms with Gasteiger partial charge in [-0.1, -0.05) is 0 Å². The summed E-state index contributed by atoms with van der Waals surface area (Å²) in [7, 11) is -3.84. The lowest BCUT2D eigenvalue weighted by molar-refractivity contribution is 0.0555. The average Bonchev–Trinajstić information content (AvgIpc) is 2.66. The third-order valence-corrected chi connectivity index (χ3v) is 4.84. The molecule has 0 atom stereocenters. The van der Waals surface area contributed by atoms with Crippen molar-refractivity contribution in [1.82, 2.24) is 0 Å². The first kappa shape index (κ1) is 17.6. The number of benzene rings is 2. The van der Waals surface area contributed by atoms with Crippen LogP contribution in [0.3, 0.4) is 0 Å². The van der Waals surface area contributed by atoms with Gasteiger partial charge in [0.15, 0.2) is 18.1 Å². The number of carbonyl (C=O) groups is 1. The summed E-state index contributed by atoms with van der Waals surface area (Å²) in [5.74, 6) is 0.206. The van der Waals surface area contributed by atoms with Gasteiger partial charge >= 0.3 is 5.97 Å². The number of rotatable bonds is 5. The lowest BCUT2D eigenvalue weighted by Crippen LogP contribution is -2.17. The van der Waals surface area contributed by atoms with Gasteiger partial charge in [-0.05, 0) is 36.4 Å². The molecular weight excluding hydrogens is 360 g/mol. The van der Waals surface area contributed by atoms with E-state index in [1.54, 1.807) is 6.07 Å². The normalized spacial score (nSPS) is 12.7. The first-order valence-electron chi connectivity index (χ1n) is 7.56. The Morgan fingerprint density at radius 1 is 1.12 bits per heavy atom. The summed E-state index contributed by atoms with van der Waals surface area (Å²) in [6, 6.07) is 11.7. The SMILES string of the molecule is N#CCOC(=O)c1ccc(NS(=O)(=O)c2ccc3c(c2)OCCO3)cc1. The summed E-state index contributed by atoms with van der Waals surface area (Å²) < 4.78 is 42.9. The van der Waals surface area contributed by atoms with Gasteiger partial charge in [0.1, 0.15) is 19.3 Å². The fourth-order valence-electron chi connectivity index (χ4n) is 2.26. The molecule has 1 aliphatic rings. The Morgan fingerprint density at radius 3 is 2.50 bits per heavy atom. The second kappa shape index (κ2) is 7.33. The molecule has 0 aliphatic carbocycles.